The van der Waals surface area contributed by atoms with Crippen molar-refractivity contribution in [3.05, 3.63) is 48.0 Å². The van der Waals surface area contributed by atoms with Crippen LogP contribution in [0.4, 0.5) is 0 Å². The lowest BCUT2D eigenvalue weighted by molar-refractivity contribution is 0.0958. The minimum absolute atomic E-state index is 0.0215. The summed E-state index contributed by atoms with van der Waals surface area (Å²) >= 11 is 0. The molecule has 19 heavy (non-hydrogen) atoms. The average molecular weight is 253 g/mol. The van der Waals surface area contributed by atoms with Gasteiger partial charge < -0.3 is 5.32 Å². The molecule has 0 unspecified atom stereocenters. The molecular formula is C16H17N2O. The molecule has 1 aliphatic carbocycles. The zero-order chi connectivity index (χ0) is 13.2. The number of carbonyl (C=O) groups is 1. The van der Waals surface area contributed by atoms with Gasteiger partial charge in [0.15, 0.2) is 0 Å². The molecule has 1 aromatic carbocycles. The summed E-state index contributed by atoms with van der Waals surface area (Å²) < 4.78 is 0. The lowest BCUT2D eigenvalue weighted by atomic mass is 9.89. The number of pyridine rings is 1. The van der Waals surface area contributed by atoms with Crippen molar-refractivity contribution in [2.45, 2.75) is 25.7 Å². The van der Waals surface area contributed by atoms with Gasteiger partial charge in [0.2, 0.25) is 0 Å². The number of fused-ring (bicyclic) bond motifs is 2. The van der Waals surface area contributed by atoms with E-state index in [1.807, 2.05) is 24.3 Å². The molecule has 0 atom stereocenters. The molecule has 97 valence electrons. The lowest BCUT2D eigenvalue weighted by Gasteiger charge is -2.20. The maximum Gasteiger partial charge on any atom is 0.252 e. The smallest absolute Gasteiger partial charge is 0.252 e. The van der Waals surface area contributed by atoms with Gasteiger partial charge >= 0.3 is 0 Å². The Labute approximate surface area is 113 Å². The van der Waals surface area contributed by atoms with Crippen LogP contribution in [-0.4, -0.2) is 17.4 Å². The summed E-state index contributed by atoms with van der Waals surface area (Å²) in [5.41, 5.74) is 3.95. The molecule has 1 amide bonds. The molecular weight excluding hydrogens is 236 g/mol. The van der Waals surface area contributed by atoms with Gasteiger partial charge in [0.25, 0.3) is 5.91 Å². The minimum atomic E-state index is -0.0215. The predicted octanol–water partition coefficient (Wildman–Crippen LogP) is 2.68. The summed E-state index contributed by atoms with van der Waals surface area (Å²) in [7, 11) is 0. The fraction of sp³-hybridized carbons (Fsp3) is 0.312. The summed E-state index contributed by atoms with van der Waals surface area (Å²) in [5, 5.41) is 3.78. The number of para-hydroxylation sites is 1. The Hall–Kier alpha value is -1.90. The number of benzene rings is 1. The third-order valence-electron chi connectivity index (χ3n) is 3.68. The third-order valence-corrected chi connectivity index (χ3v) is 3.68. The average Bonchev–Trinajstić information content (AvgIpc) is 2.44. The summed E-state index contributed by atoms with van der Waals surface area (Å²) in [4.78, 5) is 17.1. The fourth-order valence-electron chi connectivity index (χ4n) is 2.83. The summed E-state index contributed by atoms with van der Waals surface area (Å²) in [6.45, 7) is 4.10. The highest BCUT2D eigenvalue weighted by atomic mass is 16.1. The van der Waals surface area contributed by atoms with Gasteiger partial charge in [-0.2, -0.15) is 0 Å². The van der Waals surface area contributed by atoms with Crippen LogP contribution in [0.1, 0.15) is 34.5 Å². The molecule has 2 aromatic rings. The molecule has 1 radical (unpaired) electrons. The number of aryl methyl sites for hydroxylation is 1. The van der Waals surface area contributed by atoms with Crippen molar-refractivity contribution in [1.29, 1.82) is 0 Å². The Balaban J connectivity index is 2.27. The van der Waals surface area contributed by atoms with Crippen LogP contribution < -0.4 is 5.32 Å². The van der Waals surface area contributed by atoms with Crippen LogP contribution in [0.25, 0.3) is 10.9 Å². The number of amides is 1. The van der Waals surface area contributed by atoms with E-state index in [1.165, 1.54) is 0 Å². The van der Waals surface area contributed by atoms with Crippen molar-refractivity contribution >= 4 is 16.8 Å². The van der Waals surface area contributed by atoms with E-state index in [9.17, 15) is 4.79 Å². The number of carbonyl (C=O) groups excluding carboxylic acids is 1. The zero-order valence-electron chi connectivity index (χ0n) is 10.9. The van der Waals surface area contributed by atoms with Crippen LogP contribution in [0.2, 0.25) is 0 Å². The molecule has 0 bridgehead atoms. The number of rotatable bonds is 2. The summed E-state index contributed by atoms with van der Waals surface area (Å²) in [5.74, 6) is -0.0215. The van der Waals surface area contributed by atoms with Crippen molar-refractivity contribution in [3.8, 4) is 0 Å². The standard InChI is InChI=1S/C16H17N2O/c1-2-17-16(19)15-11-7-3-5-9-13(11)18-14-10-6-4-8-12(14)15/h3,5,7,9H,1-2,4,6,8,10H2,(H,17,19). The first-order chi connectivity index (χ1) is 9.31. The van der Waals surface area contributed by atoms with E-state index in [4.69, 9.17) is 4.98 Å². The Morgan fingerprint density at radius 1 is 1.26 bits per heavy atom. The highest BCUT2D eigenvalue weighted by Gasteiger charge is 2.21. The van der Waals surface area contributed by atoms with Gasteiger partial charge in [0, 0.05) is 17.6 Å². The van der Waals surface area contributed by atoms with Crippen LogP contribution >= 0.6 is 0 Å². The second-order valence-corrected chi connectivity index (χ2v) is 4.89. The molecule has 1 N–H and O–H groups in total. The molecule has 1 heterocycles. The zero-order valence-corrected chi connectivity index (χ0v) is 10.9. The first kappa shape index (κ1) is 12.2. The van der Waals surface area contributed by atoms with Gasteiger partial charge in [-0.05, 0) is 44.2 Å². The Morgan fingerprint density at radius 2 is 2.05 bits per heavy atom. The quantitative estimate of drug-likeness (QED) is 0.894. The molecule has 0 saturated heterocycles. The van der Waals surface area contributed by atoms with E-state index in [0.29, 0.717) is 6.54 Å². The van der Waals surface area contributed by atoms with E-state index < -0.39 is 0 Å². The van der Waals surface area contributed by atoms with Crippen molar-refractivity contribution in [2.75, 3.05) is 6.54 Å². The first-order valence-electron chi connectivity index (χ1n) is 6.79. The minimum Gasteiger partial charge on any atom is -0.352 e. The van der Waals surface area contributed by atoms with E-state index in [0.717, 1.165) is 53.4 Å². The molecule has 0 spiro atoms. The Bertz CT molecular complexity index is 634. The fourth-order valence-corrected chi connectivity index (χ4v) is 2.83. The van der Waals surface area contributed by atoms with Crippen LogP contribution in [0, 0.1) is 6.92 Å². The number of nitrogens with zero attached hydrogens (tertiary/aromatic N) is 1. The van der Waals surface area contributed by atoms with Crippen LogP contribution in [0.15, 0.2) is 24.3 Å². The van der Waals surface area contributed by atoms with Crippen LogP contribution in [0.3, 0.4) is 0 Å². The highest BCUT2D eigenvalue weighted by Crippen LogP contribution is 2.29. The van der Waals surface area contributed by atoms with Gasteiger partial charge in [-0.1, -0.05) is 18.2 Å². The monoisotopic (exact) mass is 253 g/mol. The van der Waals surface area contributed by atoms with Gasteiger partial charge in [-0.25, -0.2) is 0 Å². The van der Waals surface area contributed by atoms with E-state index in [-0.39, 0.29) is 5.91 Å². The Morgan fingerprint density at radius 3 is 2.89 bits per heavy atom. The molecule has 3 nitrogen and oxygen atoms in total. The largest absolute Gasteiger partial charge is 0.352 e. The van der Waals surface area contributed by atoms with Crippen molar-refractivity contribution < 1.29 is 4.79 Å². The molecule has 3 rings (SSSR count). The maximum absolute atomic E-state index is 12.4. The van der Waals surface area contributed by atoms with E-state index >= 15 is 0 Å². The molecule has 3 heteroatoms. The highest BCUT2D eigenvalue weighted by molar-refractivity contribution is 6.07. The van der Waals surface area contributed by atoms with E-state index in [2.05, 4.69) is 12.2 Å². The molecule has 1 aliphatic rings. The third kappa shape index (κ3) is 2.09. The van der Waals surface area contributed by atoms with Crippen LogP contribution in [-0.2, 0) is 12.8 Å². The number of hydrogen-bond donors (Lipinski definition) is 1. The van der Waals surface area contributed by atoms with Crippen molar-refractivity contribution in [1.82, 2.24) is 10.3 Å². The second kappa shape index (κ2) is 5.00. The van der Waals surface area contributed by atoms with E-state index in [1.54, 1.807) is 0 Å². The lowest BCUT2D eigenvalue weighted by Crippen LogP contribution is -2.26. The van der Waals surface area contributed by atoms with Crippen molar-refractivity contribution in [3.63, 3.8) is 0 Å². The molecule has 0 fully saturated rings. The number of aromatic nitrogens is 1. The predicted molar refractivity (Wildman–Crippen MR) is 76.1 cm³/mol. The van der Waals surface area contributed by atoms with Gasteiger partial charge in [-0.3, -0.25) is 9.78 Å². The SMILES string of the molecule is [CH2]CNC(=O)c1c2c(nc3ccccc13)CCCC2. The molecule has 1 aromatic heterocycles. The molecule has 0 aliphatic heterocycles. The Kier molecular flexibility index (Phi) is 3.20. The summed E-state index contributed by atoms with van der Waals surface area (Å²) in [6, 6.07) is 7.88. The van der Waals surface area contributed by atoms with Crippen molar-refractivity contribution in [2.24, 2.45) is 0 Å². The van der Waals surface area contributed by atoms with Gasteiger partial charge in [-0.15, -0.1) is 0 Å². The normalized spacial score (nSPS) is 14.2. The second-order valence-electron chi connectivity index (χ2n) is 4.89. The van der Waals surface area contributed by atoms with Gasteiger partial charge in [0.05, 0.1) is 11.1 Å². The summed E-state index contributed by atoms with van der Waals surface area (Å²) in [6.07, 6.45) is 4.23. The van der Waals surface area contributed by atoms with Crippen LogP contribution in [0.5, 0.6) is 0 Å². The topological polar surface area (TPSA) is 42.0 Å². The molecule has 0 saturated carbocycles. The number of hydrogen-bond acceptors (Lipinski definition) is 2. The van der Waals surface area contributed by atoms with Gasteiger partial charge in [0.1, 0.15) is 0 Å². The maximum atomic E-state index is 12.4. The number of nitrogens with one attached hydrogen (secondary N) is 1. The first-order valence-corrected chi connectivity index (χ1v) is 6.79.